The van der Waals surface area contributed by atoms with Crippen LogP contribution in [0, 0.1) is 17.8 Å². The SMILES string of the molecule is CCC1NC(C2CCCC2)N(CC2CCCC2C)C1=O. The minimum Gasteiger partial charge on any atom is -0.325 e. The third-order valence-corrected chi connectivity index (χ3v) is 6.01. The van der Waals surface area contributed by atoms with Crippen LogP contribution in [0.4, 0.5) is 0 Å². The topological polar surface area (TPSA) is 32.3 Å². The molecule has 20 heavy (non-hydrogen) atoms. The Kier molecular flexibility index (Phi) is 4.34. The Hall–Kier alpha value is -0.570. The first-order chi connectivity index (χ1) is 9.70. The number of hydrogen-bond donors (Lipinski definition) is 1. The zero-order chi connectivity index (χ0) is 14.1. The molecule has 0 aromatic carbocycles. The van der Waals surface area contributed by atoms with Crippen molar-refractivity contribution in [2.75, 3.05) is 6.54 Å². The van der Waals surface area contributed by atoms with Crippen LogP contribution in [0.15, 0.2) is 0 Å². The fourth-order valence-electron chi connectivity index (χ4n) is 4.61. The predicted octanol–water partition coefficient (Wildman–Crippen LogP) is 3.15. The number of carbonyl (C=O) groups excluding carboxylic acids is 1. The standard InChI is InChI=1S/C17H30N2O/c1-3-15-17(20)19(11-14-10-6-7-12(14)2)16(18-15)13-8-4-5-9-13/h12-16,18H,3-11H2,1-2H3. The molecule has 0 spiro atoms. The van der Waals surface area contributed by atoms with Gasteiger partial charge in [0.2, 0.25) is 5.91 Å². The zero-order valence-electron chi connectivity index (χ0n) is 13.1. The highest BCUT2D eigenvalue weighted by atomic mass is 16.2. The summed E-state index contributed by atoms with van der Waals surface area (Å²) in [6, 6.07) is 0.0808. The number of hydrogen-bond acceptors (Lipinski definition) is 2. The second-order valence-electron chi connectivity index (χ2n) is 7.28. The first kappa shape index (κ1) is 14.4. The summed E-state index contributed by atoms with van der Waals surface area (Å²) in [4.78, 5) is 14.9. The Morgan fingerprint density at radius 2 is 1.90 bits per heavy atom. The van der Waals surface area contributed by atoms with E-state index in [1.54, 1.807) is 0 Å². The van der Waals surface area contributed by atoms with Gasteiger partial charge < -0.3 is 4.90 Å². The summed E-state index contributed by atoms with van der Waals surface area (Å²) in [6.45, 7) is 5.50. The molecule has 4 atom stereocenters. The van der Waals surface area contributed by atoms with Crippen molar-refractivity contribution in [2.24, 2.45) is 17.8 Å². The van der Waals surface area contributed by atoms with Gasteiger partial charge in [-0.15, -0.1) is 0 Å². The van der Waals surface area contributed by atoms with E-state index in [1.807, 2.05) is 0 Å². The first-order valence-corrected chi connectivity index (χ1v) is 8.77. The Labute approximate surface area is 123 Å². The van der Waals surface area contributed by atoms with Gasteiger partial charge in [0.15, 0.2) is 0 Å². The molecule has 3 heteroatoms. The van der Waals surface area contributed by atoms with E-state index in [2.05, 4.69) is 24.1 Å². The van der Waals surface area contributed by atoms with E-state index < -0.39 is 0 Å². The second-order valence-corrected chi connectivity index (χ2v) is 7.28. The molecule has 1 aliphatic heterocycles. The molecule has 3 nitrogen and oxygen atoms in total. The van der Waals surface area contributed by atoms with Crippen molar-refractivity contribution in [1.29, 1.82) is 0 Å². The molecule has 3 rings (SSSR count). The number of carbonyl (C=O) groups is 1. The maximum atomic E-state index is 12.7. The maximum Gasteiger partial charge on any atom is 0.241 e. The smallest absolute Gasteiger partial charge is 0.241 e. The average Bonchev–Trinajstić information content (AvgIpc) is 3.14. The van der Waals surface area contributed by atoms with Crippen LogP contribution in [0.5, 0.6) is 0 Å². The normalized spacial score (nSPS) is 39.1. The summed E-state index contributed by atoms with van der Waals surface area (Å²) in [7, 11) is 0. The van der Waals surface area contributed by atoms with Crippen LogP contribution in [-0.2, 0) is 4.79 Å². The van der Waals surface area contributed by atoms with Crippen LogP contribution in [0.25, 0.3) is 0 Å². The van der Waals surface area contributed by atoms with Crippen LogP contribution in [0.1, 0.15) is 65.2 Å². The third-order valence-electron chi connectivity index (χ3n) is 6.01. The van der Waals surface area contributed by atoms with Crippen LogP contribution in [0.2, 0.25) is 0 Å². The van der Waals surface area contributed by atoms with Crippen LogP contribution >= 0.6 is 0 Å². The Morgan fingerprint density at radius 1 is 1.15 bits per heavy atom. The number of nitrogens with zero attached hydrogens (tertiary/aromatic N) is 1. The maximum absolute atomic E-state index is 12.7. The highest BCUT2D eigenvalue weighted by molar-refractivity contribution is 5.84. The van der Waals surface area contributed by atoms with Gasteiger partial charge in [0.1, 0.15) is 0 Å². The van der Waals surface area contributed by atoms with E-state index in [0.29, 0.717) is 18.0 Å². The number of rotatable bonds is 4. The summed E-state index contributed by atoms with van der Waals surface area (Å²) in [6.07, 6.45) is 10.6. The summed E-state index contributed by atoms with van der Waals surface area (Å²) in [5, 5.41) is 3.65. The molecule has 1 heterocycles. The fourth-order valence-corrected chi connectivity index (χ4v) is 4.61. The van der Waals surface area contributed by atoms with Crippen LogP contribution in [-0.4, -0.2) is 29.6 Å². The molecular formula is C17H30N2O. The summed E-state index contributed by atoms with van der Waals surface area (Å²) < 4.78 is 0. The third kappa shape index (κ3) is 2.61. The molecule has 0 aromatic heterocycles. The molecule has 1 saturated heterocycles. The molecule has 2 saturated carbocycles. The van der Waals surface area contributed by atoms with Gasteiger partial charge in [-0.3, -0.25) is 10.1 Å². The van der Waals surface area contributed by atoms with Gasteiger partial charge in [0.05, 0.1) is 12.2 Å². The Bertz CT molecular complexity index is 351. The van der Waals surface area contributed by atoms with Gasteiger partial charge in [0.25, 0.3) is 0 Å². The number of amides is 1. The molecule has 1 N–H and O–H groups in total. The van der Waals surface area contributed by atoms with Crippen molar-refractivity contribution in [2.45, 2.75) is 77.4 Å². The van der Waals surface area contributed by atoms with Crippen molar-refractivity contribution >= 4 is 5.91 Å². The molecule has 1 amide bonds. The predicted molar refractivity (Wildman–Crippen MR) is 81.2 cm³/mol. The minimum absolute atomic E-state index is 0.0808. The number of nitrogens with one attached hydrogen (secondary N) is 1. The van der Waals surface area contributed by atoms with Crippen LogP contribution < -0.4 is 5.32 Å². The van der Waals surface area contributed by atoms with Gasteiger partial charge in [-0.1, -0.05) is 39.5 Å². The summed E-state index contributed by atoms with van der Waals surface area (Å²) >= 11 is 0. The van der Waals surface area contributed by atoms with Crippen molar-refractivity contribution in [3.05, 3.63) is 0 Å². The molecule has 0 aromatic rings. The van der Waals surface area contributed by atoms with E-state index in [4.69, 9.17) is 0 Å². The van der Waals surface area contributed by atoms with Gasteiger partial charge >= 0.3 is 0 Å². The van der Waals surface area contributed by atoms with E-state index >= 15 is 0 Å². The highest BCUT2D eigenvalue weighted by Crippen LogP contribution is 2.36. The largest absolute Gasteiger partial charge is 0.325 e. The fraction of sp³-hybridized carbons (Fsp3) is 0.941. The minimum atomic E-state index is 0.0808. The van der Waals surface area contributed by atoms with E-state index in [0.717, 1.165) is 24.8 Å². The second kappa shape index (κ2) is 6.05. The molecule has 4 unspecified atom stereocenters. The van der Waals surface area contributed by atoms with Crippen molar-refractivity contribution in [3.63, 3.8) is 0 Å². The van der Waals surface area contributed by atoms with Gasteiger partial charge in [-0.25, -0.2) is 0 Å². The lowest BCUT2D eigenvalue weighted by molar-refractivity contribution is -0.131. The quantitative estimate of drug-likeness (QED) is 0.857. The van der Waals surface area contributed by atoms with E-state index in [-0.39, 0.29) is 6.04 Å². The molecular weight excluding hydrogens is 248 g/mol. The van der Waals surface area contributed by atoms with Gasteiger partial charge in [-0.2, -0.15) is 0 Å². The molecule has 0 bridgehead atoms. The van der Waals surface area contributed by atoms with E-state index in [1.165, 1.54) is 44.9 Å². The molecule has 114 valence electrons. The monoisotopic (exact) mass is 278 g/mol. The van der Waals surface area contributed by atoms with Gasteiger partial charge in [-0.05, 0) is 43.4 Å². The molecule has 0 radical (unpaired) electrons. The Balaban J connectivity index is 1.71. The Morgan fingerprint density at radius 3 is 2.50 bits per heavy atom. The average molecular weight is 278 g/mol. The first-order valence-electron chi connectivity index (χ1n) is 8.77. The van der Waals surface area contributed by atoms with Crippen molar-refractivity contribution in [1.82, 2.24) is 10.2 Å². The highest BCUT2D eigenvalue weighted by Gasteiger charge is 2.43. The van der Waals surface area contributed by atoms with Crippen molar-refractivity contribution < 1.29 is 4.79 Å². The molecule has 3 fully saturated rings. The van der Waals surface area contributed by atoms with Gasteiger partial charge in [0, 0.05) is 6.54 Å². The van der Waals surface area contributed by atoms with E-state index in [9.17, 15) is 4.79 Å². The zero-order valence-corrected chi connectivity index (χ0v) is 13.1. The summed E-state index contributed by atoms with van der Waals surface area (Å²) in [5.74, 6) is 2.61. The lowest BCUT2D eigenvalue weighted by atomic mass is 9.96. The molecule has 3 aliphatic rings. The van der Waals surface area contributed by atoms with Crippen LogP contribution in [0.3, 0.4) is 0 Å². The lowest BCUT2D eigenvalue weighted by Crippen LogP contribution is -2.45. The molecule has 2 aliphatic carbocycles. The van der Waals surface area contributed by atoms with Crippen molar-refractivity contribution in [3.8, 4) is 0 Å². The lowest BCUT2D eigenvalue weighted by Gasteiger charge is -2.32. The summed E-state index contributed by atoms with van der Waals surface area (Å²) in [5.41, 5.74) is 0.